The van der Waals surface area contributed by atoms with Crippen molar-refractivity contribution in [3.63, 3.8) is 0 Å². The summed E-state index contributed by atoms with van der Waals surface area (Å²) < 4.78 is 28.0. The van der Waals surface area contributed by atoms with E-state index >= 15 is 0 Å². The van der Waals surface area contributed by atoms with Crippen molar-refractivity contribution in [2.24, 2.45) is 0 Å². The molecule has 0 aromatic carbocycles. The summed E-state index contributed by atoms with van der Waals surface area (Å²) in [6, 6.07) is 0.782. The first-order chi connectivity index (χ1) is 7.24. The quantitative estimate of drug-likeness (QED) is 0.433. The summed E-state index contributed by atoms with van der Waals surface area (Å²) >= 11 is 0. The molecule has 0 saturated heterocycles. The highest BCUT2D eigenvalue weighted by Crippen LogP contribution is 2.13. The van der Waals surface area contributed by atoms with Crippen LogP contribution in [0.25, 0.3) is 0 Å². The van der Waals surface area contributed by atoms with Crippen LogP contribution in [0.4, 0.5) is 4.39 Å². The molecule has 0 bridgehead atoms. The predicted molar refractivity (Wildman–Crippen MR) is 60.6 cm³/mol. The molecule has 3 nitrogen and oxygen atoms in total. The molecule has 0 aliphatic rings. The van der Waals surface area contributed by atoms with Crippen molar-refractivity contribution < 1.29 is 17.7 Å². The maximum Gasteiger partial charge on any atom is 0.500 e. The van der Waals surface area contributed by atoms with Crippen molar-refractivity contribution >= 4 is 8.80 Å². The Balaban J connectivity index is 3.54. The first-order valence-electron chi connectivity index (χ1n) is 5.55. The number of rotatable bonds is 10. The third-order valence-electron chi connectivity index (χ3n) is 2.40. The van der Waals surface area contributed by atoms with Crippen LogP contribution in [0, 0.1) is 0 Å². The van der Waals surface area contributed by atoms with Gasteiger partial charge in [0.15, 0.2) is 0 Å². The Hall–Kier alpha value is 0.0269. The predicted octanol–water partition coefficient (Wildman–Crippen LogP) is 2.78. The summed E-state index contributed by atoms with van der Waals surface area (Å²) in [6.45, 7) is 2.43. The fourth-order valence-corrected chi connectivity index (χ4v) is 3.01. The molecule has 0 amide bonds. The van der Waals surface area contributed by atoms with Gasteiger partial charge in [0.1, 0.15) is 0 Å². The Labute approximate surface area is 93.3 Å². The normalized spacial score (nSPS) is 12.0. The van der Waals surface area contributed by atoms with Crippen LogP contribution in [-0.2, 0) is 13.3 Å². The molecule has 0 heterocycles. The third kappa shape index (κ3) is 6.24. The Kier molecular flexibility index (Phi) is 9.28. The summed E-state index contributed by atoms with van der Waals surface area (Å²) in [5, 5.41) is 0. The van der Waals surface area contributed by atoms with Crippen molar-refractivity contribution in [3.05, 3.63) is 0 Å². The van der Waals surface area contributed by atoms with E-state index in [1.807, 2.05) is 6.92 Å². The molecule has 0 atom stereocenters. The van der Waals surface area contributed by atoms with Gasteiger partial charge in [0.05, 0.1) is 6.67 Å². The molecule has 0 aromatic rings. The topological polar surface area (TPSA) is 27.7 Å². The van der Waals surface area contributed by atoms with Gasteiger partial charge in [-0.2, -0.15) is 0 Å². The minimum atomic E-state index is -2.36. The highest BCUT2D eigenvalue weighted by molar-refractivity contribution is 6.60. The molecular formula is C10H23FO3Si. The minimum absolute atomic E-state index is 0.218. The number of hydrogen-bond acceptors (Lipinski definition) is 3. The molecule has 92 valence electrons. The van der Waals surface area contributed by atoms with E-state index < -0.39 is 8.80 Å². The Morgan fingerprint density at radius 2 is 1.60 bits per heavy atom. The maximum atomic E-state index is 11.8. The van der Waals surface area contributed by atoms with Crippen LogP contribution in [0.5, 0.6) is 0 Å². The molecule has 0 fully saturated rings. The minimum Gasteiger partial charge on any atom is -0.377 e. The Morgan fingerprint density at radius 3 is 2.07 bits per heavy atom. The van der Waals surface area contributed by atoms with Crippen LogP contribution in [0.15, 0.2) is 0 Å². The molecule has 15 heavy (non-hydrogen) atoms. The van der Waals surface area contributed by atoms with Gasteiger partial charge < -0.3 is 13.3 Å². The van der Waals surface area contributed by atoms with Crippen molar-refractivity contribution in [2.45, 2.75) is 38.7 Å². The second-order valence-electron chi connectivity index (χ2n) is 3.40. The lowest BCUT2D eigenvalue weighted by molar-refractivity contribution is 0.0976. The van der Waals surface area contributed by atoms with E-state index in [1.54, 1.807) is 14.2 Å². The average Bonchev–Trinajstić information content (AvgIpc) is 2.29. The van der Waals surface area contributed by atoms with Crippen molar-refractivity contribution in [1.29, 1.82) is 0 Å². The monoisotopic (exact) mass is 238 g/mol. The van der Waals surface area contributed by atoms with E-state index in [1.165, 1.54) is 0 Å². The molecule has 0 spiro atoms. The summed E-state index contributed by atoms with van der Waals surface area (Å²) in [7, 11) is 0.895. The molecule has 0 rings (SSSR count). The second kappa shape index (κ2) is 9.27. The maximum absolute atomic E-state index is 11.8. The smallest absolute Gasteiger partial charge is 0.377 e. The summed E-state index contributed by atoms with van der Waals surface area (Å²) in [5.74, 6) is 0. The van der Waals surface area contributed by atoms with Gasteiger partial charge in [0.25, 0.3) is 0 Å². The summed E-state index contributed by atoms with van der Waals surface area (Å²) in [4.78, 5) is 0. The van der Waals surface area contributed by atoms with Gasteiger partial charge in [0, 0.05) is 26.9 Å². The highest BCUT2D eigenvalue weighted by Gasteiger charge is 2.36. The largest absolute Gasteiger partial charge is 0.500 e. The van der Waals surface area contributed by atoms with Gasteiger partial charge in [-0.25, -0.2) is 0 Å². The van der Waals surface area contributed by atoms with Crippen molar-refractivity contribution in [1.82, 2.24) is 0 Å². The lowest BCUT2D eigenvalue weighted by atomic mass is 10.2. The van der Waals surface area contributed by atoms with Crippen LogP contribution in [-0.4, -0.2) is 36.3 Å². The number of hydrogen-bond donors (Lipinski definition) is 0. The van der Waals surface area contributed by atoms with Crippen LogP contribution >= 0.6 is 0 Å². The lowest BCUT2D eigenvalue weighted by Crippen LogP contribution is -2.43. The second-order valence-corrected chi connectivity index (χ2v) is 6.57. The highest BCUT2D eigenvalue weighted by atomic mass is 28.4. The SMILES string of the molecule is CC[Si](OC)(OC)OCCCCCCF. The lowest BCUT2D eigenvalue weighted by Gasteiger charge is -2.24. The fraction of sp³-hybridized carbons (Fsp3) is 1.00. The molecule has 0 radical (unpaired) electrons. The van der Waals surface area contributed by atoms with Crippen molar-refractivity contribution in [2.75, 3.05) is 27.5 Å². The molecule has 0 N–H and O–H groups in total. The zero-order valence-corrected chi connectivity index (χ0v) is 11.1. The Bertz CT molecular complexity index is 134. The molecule has 0 aromatic heterocycles. The van der Waals surface area contributed by atoms with Crippen molar-refractivity contribution in [3.8, 4) is 0 Å². The standard InChI is InChI=1S/C10H23FO3Si/c1-4-15(12-2,13-3)14-10-8-6-5-7-9-11/h4-10H2,1-3H3. The van der Waals surface area contributed by atoms with E-state index in [9.17, 15) is 4.39 Å². The summed E-state index contributed by atoms with van der Waals surface area (Å²) in [5.41, 5.74) is 0. The van der Waals surface area contributed by atoms with Gasteiger partial charge in [-0.15, -0.1) is 0 Å². The van der Waals surface area contributed by atoms with Gasteiger partial charge in [-0.3, -0.25) is 4.39 Å². The molecule has 5 heteroatoms. The van der Waals surface area contributed by atoms with Crippen LogP contribution < -0.4 is 0 Å². The third-order valence-corrected chi connectivity index (χ3v) is 5.16. The van der Waals surface area contributed by atoms with Crippen LogP contribution in [0.1, 0.15) is 32.6 Å². The number of halogens is 1. The van der Waals surface area contributed by atoms with Crippen LogP contribution in [0.3, 0.4) is 0 Å². The average molecular weight is 238 g/mol. The zero-order chi connectivity index (χ0) is 11.6. The number of unbranched alkanes of at least 4 members (excludes halogenated alkanes) is 3. The molecule has 0 saturated carbocycles. The van der Waals surface area contributed by atoms with E-state index in [0.717, 1.165) is 25.3 Å². The van der Waals surface area contributed by atoms with E-state index in [-0.39, 0.29) is 6.67 Å². The van der Waals surface area contributed by atoms with Crippen LogP contribution in [0.2, 0.25) is 6.04 Å². The van der Waals surface area contributed by atoms with Gasteiger partial charge in [-0.05, 0) is 12.8 Å². The van der Waals surface area contributed by atoms with Gasteiger partial charge >= 0.3 is 8.80 Å². The zero-order valence-electron chi connectivity index (χ0n) is 10.1. The molecule has 0 aliphatic carbocycles. The molecule has 0 aliphatic heterocycles. The van der Waals surface area contributed by atoms with E-state index in [4.69, 9.17) is 13.3 Å². The first-order valence-corrected chi connectivity index (χ1v) is 7.48. The first kappa shape index (κ1) is 15.0. The van der Waals surface area contributed by atoms with Gasteiger partial charge in [-0.1, -0.05) is 19.8 Å². The molecule has 0 unspecified atom stereocenters. The summed E-state index contributed by atoms with van der Waals surface area (Å²) in [6.07, 6.45) is 3.54. The number of alkyl halides is 1. The molecular weight excluding hydrogens is 215 g/mol. The van der Waals surface area contributed by atoms with E-state index in [2.05, 4.69) is 0 Å². The van der Waals surface area contributed by atoms with Gasteiger partial charge in [0.2, 0.25) is 0 Å². The fourth-order valence-electron chi connectivity index (χ4n) is 1.37. The Morgan fingerprint density at radius 1 is 1.00 bits per heavy atom. The van der Waals surface area contributed by atoms with E-state index in [0.29, 0.717) is 13.0 Å².